The van der Waals surface area contributed by atoms with Crippen molar-refractivity contribution >= 4 is 38.8 Å². The molecule has 32 heavy (non-hydrogen) atoms. The molecule has 3 aromatic rings. The lowest BCUT2D eigenvalue weighted by atomic mass is 9.93. The van der Waals surface area contributed by atoms with E-state index in [4.69, 9.17) is 4.42 Å². The minimum absolute atomic E-state index is 0.0826. The highest BCUT2D eigenvalue weighted by atomic mass is 79.9. The zero-order chi connectivity index (χ0) is 22.3. The van der Waals surface area contributed by atoms with Crippen molar-refractivity contribution in [3.63, 3.8) is 0 Å². The summed E-state index contributed by atoms with van der Waals surface area (Å²) >= 11 is 3.60. The molecule has 3 heterocycles. The van der Waals surface area contributed by atoms with Gasteiger partial charge in [-0.3, -0.25) is 9.59 Å². The molecule has 0 radical (unpaired) electrons. The number of benzene rings is 1. The number of nitrogens with zero attached hydrogens (tertiary/aromatic N) is 2. The van der Waals surface area contributed by atoms with E-state index in [0.717, 1.165) is 41.2 Å². The first-order chi connectivity index (χ1) is 15.5. The highest BCUT2D eigenvalue weighted by Crippen LogP contribution is 2.35. The van der Waals surface area contributed by atoms with Gasteiger partial charge in [-0.05, 0) is 31.4 Å². The number of fused-ring (bicyclic) bond motifs is 3. The Morgan fingerprint density at radius 1 is 1.19 bits per heavy atom. The lowest BCUT2D eigenvalue weighted by Gasteiger charge is -2.44. The maximum Gasteiger partial charge on any atom is 0.271 e. The van der Waals surface area contributed by atoms with Gasteiger partial charge >= 0.3 is 0 Å². The number of nitrogens with one attached hydrogen (secondary N) is 1. The smallest absolute Gasteiger partial charge is 0.271 e. The molecule has 2 aromatic heterocycles. The van der Waals surface area contributed by atoms with Crippen LogP contribution in [0.2, 0.25) is 0 Å². The molecule has 1 atom stereocenters. The molecule has 1 fully saturated rings. The Balaban J connectivity index is 1.53. The van der Waals surface area contributed by atoms with Gasteiger partial charge in [-0.2, -0.15) is 0 Å². The Morgan fingerprint density at radius 2 is 1.94 bits per heavy atom. The molecule has 1 aromatic carbocycles. The summed E-state index contributed by atoms with van der Waals surface area (Å²) in [6.07, 6.45) is 8.35. The molecule has 5 rings (SSSR count). The number of hydrogen-bond donors (Lipinski definition) is 1. The van der Waals surface area contributed by atoms with E-state index in [1.165, 1.54) is 12.8 Å². The fourth-order valence-electron chi connectivity index (χ4n) is 5.08. The third-order valence-electron chi connectivity index (χ3n) is 7.01. The zero-order valence-corrected chi connectivity index (χ0v) is 19.9. The summed E-state index contributed by atoms with van der Waals surface area (Å²) in [6, 6.07) is 11.7. The number of hydrogen-bond acceptors (Lipinski definition) is 3. The van der Waals surface area contributed by atoms with E-state index >= 15 is 0 Å². The Morgan fingerprint density at radius 3 is 2.69 bits per heavy atom. The molecule has 0 spiro atoms. The summed E-state index contributed by atoms with van der Waals surface area (Å²) in [5, 5.41) is 3.30. The molecule has 1 saturated carbocycles. The van der Waals surface area contributed by atoms with Crippen LogP contribution in [0.3, 0.4) is 0 Å². The van der Waals surface area contributed by atoms with Gasteiger partial charge in [0, 0.05) is 29.2 Å². The van der Waals surface area contributed by atoms with Gasteiger partial charge < -0.3 is 19.2 Å². The first-order valence-electron chi connectivity index (χ1n) is 11.4. The van der Waals surface area contributed by atoms with E-state index in [1.54, 1.807) is 17.2 Å². The summed E-state index contributed by atoms with van der Waals surface area (Å²) in [7, 11) is 0. The van der Waals surface area contributed by atoms with Gasteiger partial charge in [0.1, 0.15) is 11.2 Å². The van der Waals surface area contributed by atoms with Crippen molar-refractivity contribution in [3.8, 4) is 0 Å². The summed E-state index contributed by atoms with van der Waals surface area (Å²) < 4.78 is 8.42. The second-order valence-corrected chi connectivity index (χ2v) is 10.1. The van der Waals surface area contributed by atoms with Crippen molar-refractivity contribution in [1.82, 2.24) is 14.8 Å². The van der Waals surface area contributed by atoms with Crippen molar-refractivity contribution < 1.29 is 14.0 Å². The van der Waals surface area contributed by atoms with Crippen LogP contribution in [-0.4, -0.2) is 32.9 Å². The highest BCUT2D eigenvalue weighted by Gasteiger charge is 2.48. The Labute approximate surface area is 196 Å². The standard InChI is InChI=1S/C25H28BrN3O3/c1-25(24(31)27-18-9-4-2-3-5-10-18)16-28-20-12-13-32-22(20)14-21(28)23(30)29(25)15-17-8-6-7-11-19(17)26/h6-8,11-14,18H,2-5,9-10,15-16H2,1H3,(H,27,31). The number of amides is 2. The predicted molar refractivity (Wildman–Crippen MR) is 126 cm³/mol. The van der Waals surface area contributed by atoms with Gasteiger partial charge in [0.25, 0.3) is 5.91 Å². The predicted octanol–water partition coefficient (Wildman–Crippen LogP) is 5.25. The molecule has 2 aliphatic rings. The van der Waals surface area contributed by atoms with Crippen LogP contribution >= 0.6 is 15.9 Å². The van der Waals surface area contributed by atoms with Crippen LogP contribution in [-0.2, 0) is 17.9 Å². The van der Waals surface area contributed by atoms with E-state index in [9.17, 15) is 9.59 Å². The van der Waals surface area contributed by atoms with Crippen molar-refractivity contribution in [2.45, 2.75) is 70.1 Å². The number of carbonyl (C=O) groups is 2. The van der Waals surface area contributed by atoms with Crippen LogP contribution in [0.25, 0.3) is 11.1 Å². The number of halogens is 1. The van der Waals surface area contributed by atoms with Gasteiger partial charge in [0.15, 0.2) is 5.58 Å². The van der Waals surface area contributed by atoms with E-state index in [0.29, 0.717) is 24.4 Å². The maximum absolute atomic E-state index is 13.8. The fourth-order valence-corrected chi connectivity index (χ4v) is 5.49. The maximum atomic E-state index is 13.8. The topological polar surface area (TPSA) is 67.5 Å². The second kappa shape index (κ2) is 8.43. The summed E-state index contributed by atoms with van der Waals surface area (Å²) in [5.41, 5.74) is 2.03. The molecule has 6 nitrogen and oxygen atoms in total. The average Bonchev–Trinajstić information content (AvgIpc) is 3.27. The van der Waals surface area contributed by atoms with Crippen LogP contribution in [0, 0.1) is 0 Å². The largest absolute Gasteiger partial charge is 0.463 e. The summed E-state index contributed by atoms with van der Waals surface area (Å²) in [4.78, 5) is 29.2. The van der Waals surface area contributed by atoms with E-state index in [2.05, 4.69) is 21.2 Å². The van der Waals surface area contributed by atoms with Gasteiger partial charge in [0.2, 0.25) is 5.91 Å². The number of carbonyl (C=O) groups excluding carboxylic acids is 2. The number of furan rings is 1. The zero-order valence-electron chi connectivity index (χ0n) is 18.3. The highest BCUT2D eigenvalue weighted by molar-refractivity contribution is 9.10. The quantitative estimate of drug-likeness (QED) is 0.500. The van der Waals surface area contributed by atoms with Crippen LogP contribution in [0.1, 0.15) is 61.5 Å². The number of rotatable bonds is 4. The van der Waals surface area contributed by atoms with Gasteiger partial charge in [-0.15, -0.1) is 0 Å². The lowest BCUT2D eigenvalue weighted by molar-refractivity contribution is -0.134. The third-order valence-corrected chi connectivity index (χ3v) is 7.79. The number of aromatic nitrogens is 1. The average molecular weight is 498 g/mol. The van der Waals surface area contributed by atoms with Crippen LogP contribution in [0.5, 0.6) is 0 Å². The Kier molecular flexibility index (Phi) is 5.61. The molecule has 0 saturated heterocycles. The van der Waals surface area contributed by atoms with E-state index < -0.39 is 5.54 Å². The normalized spacial score (nSPS) is 22.1. The molecule has 0 bridgehead atoms. The summed E-state index contributed by atoms with van der Waals surface area (Å²) in [6.45, 7) is 2.63. The molecule has 1 unspecified atom stereocenters. The van der Waals surface area contributed by atoms with Crippen molar-refractivity contribution in [3.05, 3.63) is 58.4 Å². The Hall–Kier alpha value is -2.54. The van der Waals surface area contributed by atoms with Crippen molar-refractivity contribution in [1.29, 1.82) is 0 Å². The molecular formula is C25H28BrN3O3. The van der Waals surface area contributed by atoms with E-state index in [1.807, 2.05) is 41.8 Å². The molecular weight excluding hydrogens is 470 g/mol. The molecule has 2 amide bonds. The van der Waals surface area contributed by atoms with Crippen molar-refractivity contribution in [2.24, 2.45) is 0 Å². The first kappa shape index (κ1) is 21.3. The minimum Gasteiger partial charge on any atom is -0.463 e. The molecule has 1 aliphatic carbocycles. The second-order valence-electron chi connectivity index (χ2n) is 9.20. The SMILES string of the molecule is CC1(C(=O)NC2CCCCCC2)Cn2c(cc3occc32)C(=O)N1Cc1ccccc1Br. The molecule has 1 aliphatic heterocycles. The van der Waals surface area contributed by atoms with Crippen LogP contribution in [0.15, 0.2) is 51.6 Å². The monoisotopic (exact) mass is 497 g/mol. The van der Waals surface area contributed by atoms with Gasteiger partial charge in [-0.1, -0.05) is 59.8 Å². The fraction of sp³-hybridized carbons (Fsp3) is 0.440. The minimum atomic E-state index is -1.02. The first-order valence-corrected chi connectivity index (χ1v) is 12.2. The van der Waals surface area contributed by atoms with Gasteiger partial charge in [-0.25, -0.2) is 0 Å². The molecule has 1 N–H and O–H groups in total. The third kappa shape index (κ3) is 3.66. The summed E-state index contributed by atoms with van der Waals surface area (Å²) in [5.74, 6) is -0.238. The Bertz CT molecular complexity index is 1160. The van der Waals surface area contributed by atoms with Gasteiger partial charge in [0.05, 0.1) is 18.3 Å². The van der Waals surface area contributed by atoms with E-state index in [-0.39, 0.29) is 17.9 Å². The van der Waals surface area contributed by atoms with Crippen molar-refractivity contribution in [2.75, 3.05) is 0 Å². The lowest BCUT2D eigenvalue weighted by Crippen LogP contribution is -2.64. The van der Waals surface area contributed by atoms with Crippen LogP contribution < -0.4 is 5.32 Å². The molecule has 7 heteroatoms. The van der Waals surface area contributed by atoms with Crippen LogP contribution in [0.4, 0.5) is 0 Å². The molecule has 168 valence electrons.